The predicted octanol–water partition coefficient (Wildman–Crippen LogP) is 4.12. The lowest BCUT2D eigenvalue weighted by molar-refractivity contribution is 0.354. The van der Waals surface area contributed by atoms with Crippen LogP contribution in [0.15, 0.2) is 24.3 Å². The molecule has 0 aliphatic rings. The molecular formula is C11H14Cl2O. The Morgan fingerprint density at radius 3 is 1.93 bits per heavy atom. The normalized spacial score (nSPS) is 11.9. The lowest BCUT2D eigenvalue weighted by atomic mass is 9.87. The van der Waals surface area contributed by atoms with Crippen LogP contribution in [0.2, 0.25) is 0 Å². The van der Waals surface area contributed by atoms with Crippen molar-refractivity contribution < 1.29 is 4.74 Å². The number of ether oxygens (including phenoxy) is 1. The van der Waals surface area contributed by atoms with E-state index in [0.29, 0.717) is 5.75 Å². The van der Waals surface area contributed by atoms with Crippen LogP contribution >= 0.6 is 23.2 Å². The summed E-state index contributed by atoms with van der Waals surface area (Å²) in [6, 6.07) is 7.79. The summed E-state index contributed by atoms with van der Waals surface area (Å²) in [4.78, 5) is 0. The highest BCUT2D eigenvalue weighted by atomic mass is 35.5. The molecule has 0 saturated carbocycles. The minimum Gasteiger partial charge on any atom is -0.461 e. The standard InChI is InChI=1S/C11H14Cl2O/c1-11(2,3)8-4-6-9(7-5-8)14-10(12)13/h4-7,10H,1-3H3. The lowest BCUT2D eigenvalue weighted by Crippen LogP contribution is -2.10. The highest BCUT2D eigenvalue weighted by molar-refractivity contribution is 6.43. The van der Waals surface area contributed by atoms with Gasteiger partial charge in [0, 0.05) is 0 Å². The first kappa shape index (κ1) is 11.7. The van der Waals surface area contributed by atoms with Gasteiger partial charge in [-0.05, 0) is 23.1 Å². The minimum atomic E-state index is -0.810. The zero-order chi connectivity index (χ0) is 10.8. The van der Waals surface area contributed by atoms with E-state index < -0.39 is 5.02 Å². The summed E-state index contributed by atoms with van der Waals surface area (Å²) in [5, 5.41) is -0.810. The van der Waals surface area contributed by atoms with Crippen molar-refractivity contribution in [2.75, 3.05) is 0 Å². The lowest BCUT2D eigenvalue weighted by Gasteiger charge is -2.19. The molecule has 0 heterocycles. The summed E-state index contributed by atoms with van der Waals surface area (Å²) < 4.78 is 5.11. The molecule has 0 unspecified atom stereocenters. The van der Waals surface area contributed by atoms with Gasteiger partial charge < -0.3 is 4.74 Å². The summed E-state index contributed by atoms with van der Waals surface area (Å²) >= 11 is 11.0. The van der Waals surface area contributed by atoms with Gasteiger partial charge in [0.25, 0.3) is 0 Å². The molecule has 0 radical (unpaired) electrons. The minimum absolute atomic E-state index is 0.153. The van der Waals surface area contributed by atoms with E-state index >= 15 is 0 Å². The monoisotopic (exact) mass is 232 g/mol. The van der Waals surface area contributed by atoms with Gasteiger partial charge in [0.15, 0.2) is 0 Å². The zero-order valence-corrected chi connectivity index (χ0v) is 10.1. The van der Waals surface area contributed by atoms with Crippen molar-refractivity contribution in [2.45, 2.75) is 31.2 Å². The Morgan fingerprint density at radius 2 is 1.57 bits per heavy atom. The molecule has 0 N–H and O–H groups in total. The predicted molar refractivity (Wildman–Crippen MR) is 61.3 cm³/mol. The third-order valence-electron chi connectivity index (χ3n) is 1.95. The van der Waals surface area contributed by atoms with Gasteiger partial charge in [-0.3, -0.25) is 0 Å². The van der Waals surface area contributed by atoms with Crippen LogP contribution in [0, 0.1) is 0 Å². The molecule has 0 fully saturated rings. The Morgan fingerprint density at radius 1 is 1.07 bits per heavy atom. The molecule has 0 bridgehead atoms. The number of hydrogen-bond donors (Lipinski definition) is 0. The average molecular weight is 233 g/mol. The molecule has 0 aromatic heterocycles. The summed E-state index contributed by atoms with van der Waals surface area (Å²) in [5.74, 6) is 0.688. The average Bonchev–Trinajstić information content (AvgIpc) is 2.02. The molecule has 1 rings (SSSR count). The Labute approximate surface area is 95.0 Å². The summed E-state index contributed by atoms with van der Waals surface area (Å²) in [6.45, 7) is 6.48. The van der Waals surface area contributed by atoms with Crippen LogP contribution in [0.5, 0.6) is 5.75 Å². The maximum atomic E-state index is 5.49. The van der Waals surface area contributed by atoms with Gasteiger partial charge in [-0.1, -0.05) is 56.1 Å². The quantitative estimate of drug-likeness (QED) is 0.698. The van der Waals surface area contributed by atoms with Crippen molar-refractivity contribution in [3.63, 3.8) is 0 Å². The third kappa shape index (κ3) is 3.39. The second-order valence-corrected chi connectivity index (χ2v) is 5.17. The molecule has 0 saturated heterocycles. The first-order chi connectivity index (χ1) is 6.39. The molecule has 0 aliphatic carbocycles. The van der Waals surface area contributed by atoms with Crippen LogP contribution in [-0.4, -0.2) is 5.02 Å². The molecule has 1 aromatic carbocycles. The summed E-state index contributed by atoms with van der Waals surface area (Å²) in [5.41, 5.74) is 1.41. The van der Waals surface area contributed by atoms with Crippen LogP contribution in [0.25, 0.3) is 0 Å². The Kier molecular flexibility index (Phi) is 3.68. The number of benzene rings is 1. The molecular weight excluding hydrogens is 219 g/mol. The van der Waals surface area contributed by atoms with E-state index in [2.05, 4.69) is 20.8 Å². The first-order valence-electron chi connectivity index (χ1n) is 4.45. The van der Waals surface area contributed by atoms with E-state index in [1.165, 1.54) is 5.56 Å². The van der Waals surface area contributed by atoms with Crippen LogP contribution < -0.4 is 4.74 Å². The Bertz CT molecular complexity index is 285. The largest absolute Gasteiger partial charge is 0.461 e. The molecule has 1 aromatic rings. The fraction of sp³-hybridized carbons (Fsp3) is 0.455. The highest BCUT2D eigenvalue weighted by Gasteiger charge is 2.13. The SMILES string of the molecule is CC(C)(C)c1ccc(OC(Cl)Cl)cc1. The highest BCUT2D eigenvalue weighted by Crippen LogP contribution is 2.25. The number of rotatable bonds is 2. The van der Waals surface area contributed by atoms with E-state index in [0.717, 1.165) is 0 Å². The van der Waals surface area contributed by atoms with Crippen LogP contribution in [0.3, 0.4) is 0 Å². The molecule has 14 heavy (non-hydrogen) atoms. The molecule has 0 spiro atoms. The van der Waals surface area contributed by atoms with E-state index in [4.69, 9.17) is 27.9 Å². The molecule has 0 amide bonds. The third-order valence-corrected chi connectivity index (χ3v) is 2.12. The van der Waals surface area contributed by atoms with E-state index in [1.54, 1.807) is 0 Å². The maximum Gasteiger partial charge on any atom is 0.247 e. The van der Waals surface area contributed by atoms with Crippen LogP contribution in [0.4, 0.5) is 0 Å². The van der Waals surface area contributed by atoms with Gasteiger partial charge in [0.05, 0.1) is 0 Å². The van der Waals surface area contributed by atoms with Crippen molar-refractivity contribution in [1.29, 1.82) is 0 Å². The van der Waals surface area contributed by atoms with E-state index in [-0.39, 0.29) is 5.41 Å². The fourth-order valence-electron chi connectivity index (χ4n) is 1.14. The number of hydrogen-bond acceptors (Lipinski definition) is 1. The Hall–Kier alpha value is -0.400. The van der Waals surface area contributed by atoms with Gasteiger partial charge in [-0.25, -0.2) is 0 Å². The molecule has 1 nitrogen and oxygen atoms in total. The topological polar surface area (TPSA) is 9.23 Å². The summed E-state index contributed by atoms with van der Waals surface area (Å²) in [7, 11) is 0. The molecule has 0 atom stereocenters. The van der Waals surface area contributed by atoms with Gasteiger partial charge in [0.1, 0.15) is 5.75 Å². The zero-order valence-electron chi connectivity index (χ0n) is 8.55. The van der Waals surface area contributed by atoms with Crippen LogP contribution in [-0.2, 0) is 5.41 Å². The van der Waals surface area contributed by atoms with Crippen molar-refractivity contribution in [3.8, 4) is 5.75 Å². The van der Waals surface area contributed by atoms with E-state index in [1.807, 2.05) is 24.3 Å². The van der Waals surface area contributed by atoms with Gasteiger partial charge >= 0.3 is 0 Å². The fourth-order valence-corrected chi connectivity index (χ4v) is 1.34. The number of alkyl halides is 2. The van der Waals surface area contributed by atoms with Crippen molar-refractivity contribution >= 4 is 23.2 Å². The molecule has 78 valence electrons. The molecule has 3 heteroatoms. The van der Waals surface area contributed by atoms with E-state index in [9.17, 15) is 0 Å². The first-order valence-corrected chi connectivity index (χ1v) is 5.32. The van der Waals surface area contributed by atoms with Gasteiger partial charge in [-0.2, -0.15) is 0 Å². The Balaban J connectivity index is 2.79. The van der Waals surface area contributed by atoms with Crippen molar-refractivity contribution in [1.82, 2.24) is 0 Å². The van der Waals surface area contributed by atoms with Crippen molar-refractivity contribution in [2.24, 2.45) is 0 Å². The summed E-state index contributed by atoms with van der Waals surface area (Å²) in [6.07, 6.45) is 0. The maximum absolute atomic E-state index is 5.49. The smallest absolute Gasteiger partial charge is 0.247 e. The molecule has 0 aliphatic heterocycles. The van der Waals surface area contributed by atoms with Gasteiger partial charge in [-0.15, -0.1) is 0 Å². The van der Waals surface area contributed by atoms with Gasteiger partial charge in [0.2, 0.25) is 5.02 Å². The van der Waals surface area contributed by atoms with Crippen molar-refractivity contribution in [3.05, 3.63) is 29.8 Å². The van der Waals surface area contributed by atoms with Crippen LogP contribution in [0.1, 0.15) is 26.3 Å². The number of halogens is 2. The second-order valence-electron chi connectivity index (χ2n) is 4.15. The second kappa shape index (κ2) is 4.41.